The first-order valence-electron chi connectivity index (χ1n) is 11.0. The molecule has 0 aliphatic carbocycles. The fourth-order valence-electron chi connectivity index (χ4n) is 4.77. The normalized spacial score (nSPS) is 39.6. The molecule has 0 amide bonds. The van der Waals surface area contributed by atoms with Gasteiger partial charge in [-0.25, -0.2) is 0 Å². The molecular formula is C22H40O6Si. The molecule has 3 aliphatic heterocycles. The molecule has 1 unspecified atom stereocenters. The number of hydrogen-bond acceptors (Lipinski definition) is 6. The largest absolute Gasteiger partial charge is 0.456 e. The highest BCUT2D eigenvalue weighted by Gasteiger charge is 2.72. The lowest BCUT2D eigenvalue weighted by Gasteiger charge is -2.42. The van der Waals surface area contributed by atoms with Gasteiger partial charge in [0.2, 0.25) is 0 Å². The minimum atomic E-state index is -2.02. The zero-order valence-electron chi connectivity index (χ0n) is 19.8. The minimum absolute atomic E-state index is 0.0782. The third-order valence-electron chi connectivity index (χ3n) is 7.79. The van der Waals surface area contributed by atoms with Crippen molar-refractivity contribution in [2.24, 2.45) is 0 Å². The molecule has 3 rings (SSSR count). The maximum absolute atomic E-state index is 12.5. The minimum Gasteiger partial charge on any atom is -0.456 e. The molecule has 4 atom stereocenters. The first-order valence-corrected chi connectivity index (χ1v) is 13.9. The number of hydrogen-bond donors (Lipinski definition) is 0. The Morgan fingerprint density at radius 2 is 1.79 bits per heavy atom. The van der Waals surface area contributed by atoms with Gasteiger partial charge in [0, 0.05) is 6.42 Å². The third kappa shape index (κ3) is 3.71. The second-order valence-corrected chi connectivity index (χ2v) is 15.9. The molecule has 3 fully saturated rings. The van der Waals surface area contributed by atoms with Crippen LogP contribution in [0.3, 0.4) is 0 Å². The Morgan fingerprint density at radius 1 is 1.14 bits per heavy atom. The molecule has 0 spiro atoms. The van der Waals surface area contributed by atoms with E-state index in [-0.39, 0.29) is 23.5 Å². The average Bonchev–Trinajstić information content (AvgIpc) is 3.17. The van der Waals surface area contributed by atoms with E-state index < -0.39 is 30.9 Å². The Morgan fingerprint density at radius 3 is 2.28 bits per heavy atom. The lowest BCUT2D eigenvalue weighted by molar-refractivity contribution is -0.204. The van der Waals surface area contributed by atoms with Gasteiger partial charge < -0.3 is 23.4 Å². The number of ether oxygens (including phenoxy) is 4. The van der Waals surface area contributed by atoms with Crippen LogP contribution < -0.4 is 0 Å². The highest BCUT2D eigenvalue weighted by Crippen LogP contribution is 2.59. The second kappa shape index (κ2) is 7.02. The quantitative estimate of drug-likeness (QED) is 0.456. The summed E-state index contributed by atoms with van der Waals surface area (Å²) in [5, 5.41) is 0.0782. The zero-order chi connectivity index (χ0) is 21.9. The fraction of sp³-hybridized carbons (Fsp3) is 0.955. The molecule has 0 saturated carbocycles. The summed E-state index contributed by atoms with van der Waals surface area (Å²) >= 11 is 0. The van der Waals surface area contributed by atoms with Crippen molar-refractivity contribution in [2.75, 3.05) is 13.2 Å². The fourth-order valence-corrected chi connectivity index (χ4v) is 5.80. The van der Waals surface area contributed by atoms with Gasteiger partial charge in [-0.05, 0) is 44.8 Å². The predicted octanol–water partition coefficient (Wildman–Crippen LogP) is 4.56. The average molecular weight is 429 g/mol. The molecule has 29 heavy (non-hydrogen) atoms. The SMILES string of the molecule is CC[C@@]1(C2COC(C)(C)O2)C[C@@]2(CC)OC(=O)C[C@@]2(CO[Si](C)(C)C(C)(C)C)O1. The maximum atomic E-state index is 12.5. The van der Waals surface area contributed by atoms with Gasteiger partial charge >= 0.3 is 5.97 Å². The smallest absolute Gasteiger partial charge is 0.309 e. The molecule has 3 saturated heterocycles. The van der Waals surface area contributed by atoms with E-state index in [0.717, 1.165) is 6.42 Å². The molecule has 3 heterocycles. The Kier molecular flexibility index (Phi) is 5.62. The van der Waals surface area contributed by atoms with E-state index in [2.05, 4.69) is 47.7 Å². The molecule has 0 N–H and O–H groups in total. The van der Waals surface area contributed by atoms with Gasteiger partial charge in [0.25, 0.3) is 0 Å². The van der Waals surface area contributed by atoms with Crippen LogP contribution in [0.1, 0.15) is 74.1 Å². The summed E-state index contributed by atoms with van der Waals surface area (Å²) in [6, 6.07) is 0. The monoisotopic (exact) mass is 428 g/mol. The molecule has 0 aromatic carbocycles. The zero-order valence-corrected chi connectivity index (χ0v) is 20.8. The van der Waals surface area contributed by atoms with Crippen molar-refractivity contribution in [3.8, 4) is 0 Å². The van der Waals surface area contributed by atoms with Gasteiger partial charge in [-0.2, -0.15) is 0 Å². The summed E-state index contributed by atoms with van der Waals surface area (Å²) in [7, 11) is -2.02. The number of carbonyl (C=O) groups excluding carboxylic acids is 1. The molecule has 3 aliphatic rings. The predicted molar refractivity (Wildman–Crippen MR) is 113 cm³/mol. The van der Waals surface area contributed by atoms with E-state index in [9.17, 15) is 4.79 Å². The van der Waals surface area contributed by atoms with Crippen LogP contribution in [-0.2, 0) is 28.2 Å². The van der Waals surface area contributed by atoms with Crippen molar-refractivity contribution in [3.63, 3.8) is 0 Å². The van der Waals surface area contributed by atoms with E-state index in [1.54, 1.807) is 0 Å². The molecule has 0 aromatic heterocycles. The standard InChI is InChI=1S/C22H40O6Si/c1-10-20(16-13-24-19(6,7)26-16)14-21(11-2)22(28-20,12-17(23)27-21)15-25-29(8,9)18(3,4)5/h16H,10-15H2,1-9H3/t16?,20-,21+,22-/m0/s1. The molecule has 0 bridgehead atoms. The Bertz CT molecular complexity index is 656. The van der Waals surface area contributed by atoms with Crippen molar-refractivity contribution in [2.45, 2.75) is 121 Å². The number of fused-ring (bicyclic) bond motifs is 1. The summed E-state index contributed by atoms with van der Waals surface area (Å²) in [4.78, 5) is 12.5. The van der Waals surface area contributed by atoms with Crippen LogP contribution in [0.25, 0.3) is 0 Å². The summed E-state index contributed by atoms with van der Waals surface area (Å²) < 4.78 is 31.6. The maximum Gasteiger partial charge on any atom is 0.309 e. The molecule has 0 aromatic rings. The van der Waals surface area contributed by atoms with Crippen LogP contribution in [0.15, 0.2) is 0 Å². The summed E-state index contributed by atoms with van der Waals surface area (Å²) in [5.41, 5.74) is -2.01. The van der Waals surface area contributed by atoms with Crippen LogP contribution in [0.5, 0.6) is 0 Å². The van der Waals surface area contributed by atoms with E-state index in [1.807, 2.05) is 13.8 Å². The molecule has 168 valence electrons. The summed E-state index contributed by atoms with van der Waals surface area (Å²) in [5.74, 6) is -0.825. The lowest BCUT2D eigenvalue weighted by atomic mass is 9.76. The topological polar surface area (TPSA) is 63.2 Å². The van der Waals surface area contributed by atoms with Crippen molar-refractivity contribution in [3.05, 3.63) is 0 Å². The van der Waals surface area contributed by atoms with E-state index >= 15 is 0 Å². The highest BCUT2D eigenvalue weighted by molar-refractivity contribution is 6.74. The van der Waals surface area contributed by atoms with E-state index in [0.29, 0.717) is 26.1 Å². The number of rotatable bonds is 6. The number of esters is 1. The van der Waals surface area contributed by atoms with E-state index in [1.165, 1.54) is 0 Å². The van der Waals surface area contributed by atoms with Crippen LogP contribution in [0.4, 0.5) is 0 Å². The van der Waals surface area contributed by atoms with Crippen LogP contribution >= 0.6 is 0 Å². The highest BCUT2D eigenvalue weighted by atomic mass is 28.4. The van der Waals surface area contributed by atoms with Gasteiger partial charge in [-0.3, -0.25) is 4.79 Å². The van der Waals surface area contributed by atoms with Gasteiger partial charge in [0.05, 0.1) is 19.6 Å². The van der Waals surface area contributed by atoms with Gasteiger partial charge in [-0.15, -0.1) is 0 Å². The van der Waals surface area contributed by atoms with Gasteiger partial charge in [-0.1, -0.05) is 34.6 Å². The van der Waals surface area contributed by atoms with Crippen LogP contribution in [0.2, 0.25) is 18.1 Å². The molecule has 0 radical (unpaired) electrons. The Hall–Kier alpha value is -0.473. The van der Waals surface area contributed by atoms with E-state index in [4.69, 9.17) is 23.4 Å². The Labute approximate surface area is 177 Å². The van der Waals surface area contributed by atoms with Gasteiger partial charge in [0.15, 0.2) is 14.1 Å². The molecule has 7 heteroatoms. The number of carbonyl (C=O) groups is 1. The first kappa shape index (κ1) is 23.2. The third-order valence-corrected chi connectivity index (χ3v) is 12.3. The first-order chi connectivity index (χ1) is 13.2. The van der Waals surface area contributed by atoms with Gasteiger partial charge in [0.1, 0.15) is 22.9 Å². The molecule has 6 nitrogen and oxygen atoms in total. The van der Waals surface area contributed by atoms with Crippen LogP contribution in [-0.4, -0.2) is 56.2 Å². The summed E-state index contributed by atoms with van der Waals surface area (Å²) in [6.07, 6.45) is 2.11. The van der Waals surface area contributed by atoms with Crippen molar-refractivity contribution in [1.29, 1.82) is 0 Å². The lowest BCUT2D eigenvalue weighted by Crippen LogP contribution is -2.54. The second-order valence-electron chi connectivity index (χ2n) is 11.1. The van der Waals surface area contributed by atoms with Crippen LogP contribution in [0, 0.1) is 0 Å². The van der Waals surface area contributed by atoms with Crippen molar-refractivity contribution < 1.29 is 28.2 Å². The van der Waals surface area contributed by atoms with Crippen molar-refractivity contribution >= 4 is 14.3 Å². The van der Waals surface area contributed by atoms with Crippen molar-refractivity contribution in [1.82, 2.24) is 0 Å². The Balaban J connectivity index is 1.94. The summed E-state index contributed by atoms with van der Waals surface area (Å²) in [6.45, 7) is 20.0. The molecular weight excluding hydrogens is 388 g/mol.